The van der Waals surface area contributed by atoms with Crippen molar-refractivity contribution in [1.82, 2.24) is 15.7 Å². The lowest BCUT2D eigenvalue weighted by Crippen LogP contribution is -2.43. The fraction of sp³-hybridized carbons (Fsp3) is 0.321. The van der Waals surface area contributed by atoms with Gasteiger partial charge in [-0.05, 0) is 67.2 Å². The van der Waals surface area contributed by atoms with Crippen molar-refractivity contribution in [3.63, 3.8) is 0 Å². The Morgan fingerprint density at radius 1 is 1.06 bits per heavy atom. The van der Waals surface area contributed by atoms with Crippen molar-refractivity contribution in [3.05, 3.63) is 83.4 Å². The second kappa shape index (κ2) is 11.8. The number of nitrogens with one attached hydrogen (secondary N) is 2. The quantitative estimate of drug-likeness (QED) is 0.325. The number of likely N-dealkylation sites (tertiary alicyclic amines) is 1. The number of carbonyl (C=O) groups excluding carboxylic acids is 1. The summed E-state index contributed by atoms with van der Waals surface area (Å²) in [6, 6.07) is 22.0. The number of hydrogen-bond acceptors (Lipinski definition) is 5. The Morgan fingerprint density at radius 3 is 2.53 bits per heavy atom. The number of nitrogens with zero attached hydrogens (tertiary/aromatic N) is 1. The average molecular weight is 460 g/mol. The minimum Gasteiger partial charge on any atom is -0.489 e. The standard InChI is InChI=1S/C28H33N3O3/c1-2-31-16-14-25(15-17-31)29-19-22(18-21-10-12-24(13-11-21)28(32)30-33)20-34-27-9-5-7-23-6-3-4-8-26(23)27/h3-13,18,25,29,33H,2,14-17,19-20H2,1H3,(H,30,32)/b22-18+. The summed E-state index contributed by atoms with van der Waals surface area (Å²) in [4.78, 5) is 14.1. The lowest BCUT2D eigenvalue weighted by molar-refractivity contribution is 0.0706. The third-order valence-electron chi connectivity index (χ3n) is 6.46. The molecule has 3 aromatic rings. The van der Waals surface area contributed by atoms with Gasteiger partial charge in [0.1, 0.15) is 12.4 Å². The molecule has 1 aliphatic heterocycles. The molecule has 1 aliphatic rings. The molecule has 0 atom stereocenters. The van der Waals surface area contributed by atoms with E-state index in [4.69, 9.17) is 9.94 Å². The van der Waals surface area contributed by atoms with E-state index in [2.05, 4.69) is 41.4 Å². The topological polar surface area (TPSA) is 73.8 Å². The van der Waals surface area contributed by atoms with Crippen molar-refractivity contribution in [2.24, 2.45) is 0 Å². The van der Waals surface area contributed by atoms with E-state index < -0.39 is 5.91 Å². The third kappa shape index (κ3) is 6.23. The first kappa shape index (κ1) is 24.0. The van der Waals surface area contributed by atoms with E-state index in [0.717, 1.165) is 66.7 Å². The zero-order valence-corrected chi connectivity index (χ0v) is 19.7. The predicted octanol–water partition coefficient (Wildman–Crippen LogP) is 4.50. The second-order valence-corrected chi connectivity index (χ2v) is 8.72. The Hall–Kier alpha value is -3.19. The Morgan fingerprint density at radius 2 is 1.79 bits per heavy atom. The van der Waals surface area contributed by atoms with Crippen LogP contribution in [0.2, 0.25) is 0 Å². The SMILES string of the molecule is CCN1CCC(NC/C(=C\c2ccc(C(=O)NO)cc2)COc2cccc3ccccc23)CC1. The second-order valence-electron chi connectivity index (χ2n) is 8.72. The summed E-state index contributed by atoms with van der Waals surface area (Å²) in [6.07, 6.45) is 4.41. The third-order valence-corrected chi connectivity index (χ3v) is 6.46. The highest BCUT2D eigenvalue weighted by Gasteiger charge is 2.18. The van der Waals surface area contributed by atoms with Crippen LogP contribution in [0.3, 0.4) is 0 Å². The van der Waals surface area contributed by atoms with Crippen molar-refractivity contribution >= 4 is 22.8 Å². The van der Waals surface area contributed by atoms with Crippen LogP contribution in [0.1, 0.15) is 35.7 Å². The fourth-order valence-electron chi connectivity index (χ4n) is 4.40. The highest BCUT2D eigenvalue weighted by atomic mass is 16.5. The van der Waals surface area contributed by atoms with E-state index in [-0.39, 0.29) is 0 Å². The predicted molar refractivity (Wildman–Crippen MR) is 136 cm³/mol. The zero-order chi connectivity index (χ0) is 23.8. The van der Waals surface area contributed by atoms with Crippen LogP contribution in [-0.2, 0) is 0 Å². The molecule has 0 radical (unpaired) electrons. The van der Waals surface area contributed by atoms with Gasteiger partial charge in [0.2, 0.25) is 0 Å². The van der Waals surface area contributed by atoms with Gasteiger partial charge in [0.05, 0.1) is 0 Å². The molecule has 178 valence electrons. The highest BCUT2D eigenvalue weighted by Crippen LogP contribution is 2.25. The molecule has 3 aromatic carbocycles. The summed E-state index contributed by atoms with van der Waals surface area (Å²) >= 11 is 0. The smallest absolute Gasteiger partial charge is 0.274 e. The number of benzene rings is 3. The normalized spacial score (nSPS) is 15.4. The number of fused-ring (bicyclic) bond motifs is 1. The van der Waals surface area contributed by atoms with Gasteiger partial charge in [-0.15, -0.1) is 0 Å². The van der Waals surface area contributed by atoms with E-state index in [0.29, 0.717) is 18.2 Å². The van der Waals surface area contributed by atoms with Crippen molar-refractivity contribution in [3.8, 4) is 5.75 Å². The summed E-state index contributed by atoms with van der Waals surface area (Å²) in [5.41, 5.74) is 4.19. The lowest BCUT2D eigenvalue weighted by Gasteiger charge is -2.31. The van der Waals surface area contributed by atoms with Crippen molar-refractivity contribution < 1.29 is 14.7 Å². The number of piperidine rings is 1. The van der Waals surface area contributed by atoms with Crippen LogP contribution in [0, 0.1) is 0 Å². The Labute approximate surface area is 201 Å². The molecule has 1 fully saturated rings. The molecule has 34 heavy (non-hydrogen) atoms. The summed E-state index contributed by atoms with van der Waals surface area (Å²) in [6.45, 7) is 6.80. The van der Waals surface area contributed by atoms with Crippen LogP contribution in [-0.4, -0.2) is 54.8 Å². The van der Waals surface area contributed by atoms with E-state index in [1.54, 1.807) is 17.6 Å². The molecule has 1 heterocycles. The molecule has 0 bridgehead atoms. The summed E-state index contributed by atoms with van der Waals surface area (Å²) in [7, 11) is 0. The summed E-state index contributed by atoms with van der Waals surface area (Å²) in [5.74, 6) is 0.352. The van der Waals surface area contributed by atoms with Gasteiger partial charge in [-0.1, -0.05) is 61.5 Å². The van der Waals surface area contributed by atoms with E-state index in [1.165, 1.54) is 0 Å². The number of carbonyl (C=O) groups is 1. The molecule has 0 spiro atoms. The Balaban J connectivity index is 1.48. The molecule has 0 aromatic heterocycles. The van der Waals surface area contributed by atoms with Gasteiger partial charge in [-0.3, -0.25) is 10.0 Å². The first-order valence-electron chi connectivity index (χ1n) is 12.0. The maximum atomic E-state index is 11.6. The van der Waals surface area contributed by atoms with Gasteiger partial charge in [0.25, 0.3) is 5.91 Å². The number of amides is 1. The van der Waals surface area contributed by atoms with Crippen LogP contribution >= 0.6 is 0 Å². The number of hydrogen-bond donors (Lipinski definition) is 3. The number of hydroxylamine groups is 1. The molecule has 0 saturated carbocycles. The van der Waals surface area contributed by atoms with Gasteiger partial charge in [0, 0.05) is 23.5 Å². The fourth-order valence-corrected chi connectivity index (χ4v) is 4.40. The molecule has 0 unspecified atom stereocenters. The van der Waals surface area contributed by atoms with Crippen LogP contribution in [0.4, 0.5) is 0 Å². The number of rotatable bonds is 9. The summed E-state index contributed by atoms with van der Waals surface area (Å²) in [5, 5.41) is 14.8. The maximum absolute atomic E-state index is 11.6. The van der Waals surface area contributed by atoms with Crippen molar-refractivity contribution in [1.29, 1.82) is 0 Å². The first-order valence-corrected chi connectivity index (χ1v) is 12.0. The van der Waals surface area contributed by atoms with E-state index in [1.807, 2.05) is 36.4 Å². The highest BCUT2D eigenvalue weighted by molar-refractivity contribution is 5.93. The molecule has 6 heteroatoms. The molecule has 3 N–H and O–H groups in total. The minimum absolute atomic E-state index is 0.411. The van der Waals surface area contributed by atoms with Gasteiger partial charge in [-0.2, -0.15) is 0 Å². The average Bonchev–Trinajstić information content (AvgIpc) is 2.90. The van der Waals surface area contributed by atoms with Crippen LogP contribution in [0.15, 0.2) is 72.3 Å². The van der Waals surface area contributed by atoms with Crippen molar-refractivity contribution in [2.45, 2.75) is 25.8 Å². The Bertz CT molecular complexity index is 1110. The molecular weight excluding hydrogens is 426 g/mol. The van der Waals surface area contributed by atoms with Gasteiger partial charge in [-0.25, -0.2) is 5.48 Å². The van der Waals surface area contributed by atoms with Crippen LogP contribution < -0.4 is 15.5 Å². The lowest BCUT2D eigenvalue weighted by atomic mass is 10.0. The summed E-state index contributed by atoms with van der Waals surface area (Å²) < 4.78 is 6.29. The molecule has 1 saturated heterocycles. The van der Waals surface area contributed by atoms with Crippen LogP contribution in [0.25, 0.3) is 16.8 Å². The van der Waals surface area contributed by atoms with Gasteiger partial charge < -0.3 is 15.0 Å². The minimum atomic E-state index is -0.518. The molecular formula is C28H33N3O3. The maximum Gasteiger partial charge on any atom is 0.274 e. The molecule has 4 rings (SSSR count). The molecule has 0 aliphatic carbocycles. The largest absolute Gasteiger partial charge is 0.489 e. The van der Waals surface area contributed by atoms with Gasteiger partial charge >= 0.3 is 0 Å². The first-order chi connectivity index (χ1) is 16.7. The Kier molecular flexibility index (Phi) is 8.31. The molecule has 6 nitrogen and oxygen atoms in total. The molecule has 1 amide bonds. The monoisotopic (exact) mass is 459 g/mol. The van der Waals surface area contributed by atoms with E-state index in [9.17, 15) is 4.79 Å². The number of ether oxygens (including phenoxy) is 1. The van der Waals surface area contributed by atoms with Crippen LogP contribution in [0.5, 0.6) is 5.75 Å². The van der Waals surface area contributed by atoms with Gasteiger partial charge in [0.15, 0.2) is 0 Å². The zero-order valence-electron chi connectivity index (χ0n) is 19.7. The van der Waals surface area contributed by atoms with Crippen molar-refractivity contribution in [2.75, 3.05) is 32.8 Å². The van der Waals surface area contributed by atoms with E-state index >= 15 is 0 Å².